The Morgan fingerprint density at radius 1 is 1.57 bits per heavy atom. The van der Waals surface area contributed by atoms with Crippen LogP contribution in [0.2, 0.25) is 0 Å². The maximum atomic E-state index is 12.9. The Labute approximate surface area is 79.9 Å². The zero-order valence-electron chi connectivity index (χ0n) is 7.24. The maximum absolute atomic E-state index is 12.9. The van der Waals surface area contributed by atoms with Crippen molar-refractivity contribution < 1.29 is 33.1 Å². The van der Waals surface area contributed by atoms with Crippen LogP contribution < -0.4 is 0 Å². The van der Waals surface area contributed by atoms with Gasteiger partial charge in [0.2, 0.25) is 0 Å². The largest absolute Gasteiger partial charge is 0.469 e. The highest BCUT2D eigenvalue weighted by Gasteiger charge is 2.31. The molecule has 3 N–H and O–H groups in total. The van der Waals surface area contributed by atoms with E-state index >= 15 is 0 Å². The molecule has 0 amide bonds. The molecule has 0 aromatic carbocycles. The van der Waals surface area contributed by atoms with Gasteiger partial charge in [0.05, 0.1) is 19.3 Å². The van der Waals surface area contributed by atoms with E-state index in [4.69, 9.17) is 19.6 Å². The normalized spacial score (nSPS) is 34.4. The van der Waals surface area contributed by atoms with Gasteiger partial charge in [0.15, 0.2) is 0 Å². The van der Waals surface area contributed by atoms with Gasteiger partial charge in [-0.05, 0) is 0 Å². The molecule has 0 spiro atoms. The average molecular weight is 230 g/mol. The van der Waals surface area contributed by atoms with Crippen molar-refractivity contribution in [3.8, 4) is 0 Å². The molecule has 1 fully saturated rings. The third kappa shape index (κ3) is 4.00. The van der Waals surface area contributed by atoms with Crippen LogP contribution in [0.25, 0.3) is 0 Å². The number of aliphatic hydroxyl groups is 1. The molecule has 0 bridgehead atoms. The number of hydrogen-bond acceptors (Lipinski definition) is 4. The molecule has 1 rings (SSSR count). The zero-order valence-corrected chi connectivity index (χ0v) is 8.14. The molecule has 1 saturated heterocycles. The zero-order chi connectivity index (χ0) is 10.8. The van der Waals surface area contributed by atoms with Gasteiger partial charge in [0, 0.05) is 6.42 Å². The summed E-state index contributed by atoms with van der Waals surface area (Å²) in [7, 11) is -4.53. The summed E-state index contributed by atoms with van der Waals surface area (Å²) in [5.74, 6) is 0. The summed E-state index contributed by atoms with van der Waals surface area (Å²) in [6, 6.07) is 0. The van der Waals surface area contributed by atoms with E-state index in [1.807, 2.05) is 0 Å². The van der Waals surface area contributed by atoms with Crippen molar-refractivity contribution in [3.05, 3.63) is 0 Å². The Kier molecular flexibility index (Phi) is 4.00. The van der Waals surface area contributed by atoms with Crippen LogP contribution in [0, 0.1) is 0 Å². The molecular formula is C6H12FO6P. The number of rotatable bonds is 3. The minimum atomic E-state index is -4.53. The van der Waals surface area contributed by atoms with E-state index in [9.17, 15) is 8.96 Å². The molecule has 0 unspecified atom stereocenters. The van der Waals surface area contributed by atoms with Crippen LogP contribution in [-0.4, -0.2) is 46.5 Å². The van der Waals surface area contributed by atoms with E-state index < -0.39 is 26.2 Å². The maximum Gasteiger partial charge on any atom is 0.469 e. The fourth-order valence-electron chi connectivity index (χ4n) is 1.11. The second kappa shape index (κ2) is 4.65. The van der Waals surface area contributed by atoms with E-state index in [1.165, 1.54) is 0 Å². The van der Waals surface area contributed by atoms with Gasteiger partial charge in [0.1, 0.15) is 12.3 Å². The second-order valence-electron chi connectivity index (χ2n) is 3.06. The summed E-state index contributed by atoms with van der Waals surface area (Å²) in [6.45, 7) is -0.562. The average Bonchev–Trinajstić information content (AvgIpc) is 2.06. The van der Waals surface area contributed by atoms with Crippen molar-refractivity contribution in [2.24, 2.45) is 0 Å². The van der Waals surface area contributed by atoms with Gasteiger partial charge >= 0.3 is 7.82 Å². The molecule has 8 heteroatoms. The lowest BCUT2D eigenvalue weighted by Gasteiger charge is -2.28. The van der Waals surface area contributed by atoms with E-state index in [2.05, 4.69) is 4.52 Å². The highest BCUT2D eigenvalue weighted by atomic mass is 31.2. The van der Waals surface area contributed by atoms with Crippen LogP contribution in [0.4, 0.5) is 4.39 Å². The standard InChI is InChI=1S/C6H12FO6P/c7-5-1-4(12-3-6(5)8)2-13-14(9,10)11/h4-6,8H,1-3H2,(H2,9,10,11)/t4-,5-,6+/m0/s1. The molecular weight excluding hydrogens is 218 g/mol. The number of halogens is 1. The Morgan fingerprint density at radius 3 is 2.71 bits per heavy atom. The van der Waals surface area contributed by atoms with Gasteiger partial charge in [-0.15, -0.1) is 0 Å². The first kappa shape index (κ1) is 12.0. The first-order valence-electron chi connectivity index (χ1n) is 4.02. The van der Waals surface area contributed by atoms with Crippen LogP contribution in [-0.2, 0) is 13.8 Å². The molecule has 0 radical (unpaired) electrons. The van der Waals surface area contributed by atoms with Crippen molar-refractivity contribution in [1.82, 2.24) is 0 Å². The Morgan fingerprint density at radius 2 is 2.21 bits per heavy atom. The van der Waals surface area contributed by atoms with Gasteiger partial charge in [-0.2, -0.15) is 0 Å². The quantitative estimate of drug-likeness (QED) is 0.570. The number of ether oxygens (including phenoxy) is 1. The molecule has 84 valence electrons. The molecule has 1 aliphatic rings. The monoisotopic (exact) mass is 230 g/mol. The smallest absolute Gasteiger partial charge is 0.388 e. The topological polar surface area (TPSA) is 96.2 Å². The number of phosphoric acid groups is 1. The molecule has 6 nitrogen and oxygen atoms in total. The van der Waals surface area contributed by atoms with Gasteiger partial charge in [0.25, 0.3) is 0 Å². The summed E-state index contributed by atoms with van der Waals surface area (Å²) in [6.07, 6.45) is -3.45. The lowest BCUT2D eigenvalue weighted by Crippen LogP contribution is -2.40. The molecule has 14 heavy (non-hydrogen) atoms. The fourth-order valence-corrected chi connectivity index (χ4v) is 1.47. The van der Waals surface area contributed by atoms with E-state index in [1.54, 1.807) is 0 Å². The van der Waals surface area contributed by atoms with Crippen molar-refractivity contribution in [3.63, 3.8) is 0 Å². The highest BCUT2D eigenvalue weighted by Crippen LogP contribution is 2.36. The van der Waals surface area contributed by atoms with Gasteiger partial charge < -0.3 is 19.6 Å². The number of phosphoric ester groups is 1. The molecule has 0 aromatic heterocycles. The van der Waals surface area contributed by atoms with Crippen LogP contribution in [0.5, 0.6) is 0 Å². The lowest BCUT2D eigenvalue weighted by molar-refractivity contribution is -0.108. The first-order valence-corrected chi connectivity index (χ1v) is 5.55. The van der Waals surface area contributed by atoms with Gasteiger partial charge in [-0.1, -0.05) is 0 Å². The highest BCUT2D eigenvalue weighted by molar-refractivity contribution is 7.46. The molecule has 0 aromatic rings. The number of aliphatic hydroxyl groups excluding tert-OH is 1. The number of hydrogen-bond donors (Lipinski definition) is 3. The van der Waals surface area contributed by atoms with E-state index in [0.717, 1.165) is 0 Å². The van der Waals surface area contributed by atoms with Crippen molar-refractivity contribution in [2.45, 2.75) is 24.8 Å². The minimum absolute atomic E-state index is 0.124. The molecule has 1 aliphatic heterocycles. The van der Waals surface area contributed by atoms with Crippen molar-refractivity contribution in [1.29, 1.82) is 0 Å². The first-order chi connectivity index (χ1) is 6.38. The SMILES string of the molecule is O=P(O)(O)OC[C@@H]1C[C@H](F)[C@H](O)CO1. The van der Waals surface area contributed by atoms with E-state index in [-0.39, 0.29) is 19.6 Å². The molecule has 3 atom stereocenters. The summed E-state index contributed by atoms with van der Waals surface area (Å²) in [4.78, 5) is 16.7. The van der Waals surface area contributed by atoms with Crippen LogP contribution >= 0.6 is 7.82 Å². The van der Waals surface area contributed by atoms with Gasteiger partial charge in [-0.25, -0.2) is 8.96 Å². The Balaban J connectivity index is 2.30. The van der Waals surface area contributed by atoms with Crippen LogP contribution in [0.1, 0.15) is 6.42 Å². The van der Waals surface area contributed by atoms with Gasteiger partial charge in [-0.3, -0.25) is 4.52 Å². The predicted molar refractivity (Wildman–Crippen MR) is 43.3 cm³/mol. The van der Waals surface area contributed by atoms with Crippen LogP contribution in [0.15, 0.2) is 0 Å². The van der Waals surface area contributed by atoms with Crippen molar-refractivity contribution in [2.75, 3.05) is 13.2 Å². The Bertz CT molecular complexity index is 230. The Hall–Kier alpha value is -0.0400. The number of alkyl halides is 1. The van der Waals surface area contributed by atoms with Crippen LogP contribution in [0.3, 0.4) is 0 Å². The minimum Gasteiger partial charge on any atom is -0.388 e. The lowest BCUT2D eigenvalue weighted by atomic mass is 10.1. The summed E-state index contributed by atoms with van der Waals surface area (Å²) >= 11 is 0. The molecule has 0 aliphatic carbocycles. The van der Waals surface area contributed by atoms with Crippen molar-refractivity contribution >= 4 is 7.82 Å². The summed E-state index contributed by atoms with van der Waals surface area (Å²) in [5.41, 5.74) is 0. The summed E-state index contributed by atoms with van der Waals surface area (Å²) < 4.78 is 32.2. The third-order valence-electron chi connectivity index (χ3n) is 1.84. The second-order valence-corrected chi connectivity index (χ2v) is 4.30. The third-order valence-corrected chi connectivity index (χ3v) is 2.32. The fraction of sp³-hybridized carbons (Fsp3) is 1.00. The predicted octanol–water partition coefficient (Wildman–Crippen LogP) is -0.416. The summed E-state index contributed by atoms with van der Waals surface area (Å²) in [5, 5.41) is 8.93. The molecule has 1 heterocycles. The van der Waals surface area contributed by atoms with E-state index in [0.29, 0.717) is 0 Å². The molecule has 0 saturated carbocycles.